The molecular weight excluding hydrogens is 397 g/mol. The minimum atomic E-state index is -0.823. The number of nitrogens with zero attached hydrogens (tertiary/aromatic N) is 1. The third-order valence-corrected chi connectivity index (χ3v) is 4.15. The van der Waals surface area contributed by atoms with Crippen LogP contribution in [-0.4, -0.2) is 47.9 Å². The van der Waals surface area contributed by atoms with E-state index in [4.69, 9.17) is 32.5 Å². The Bertz CT molecular complexity index is 797. The van der Waals surface area contributed by atoms with Crippen LogP contribution in [0, 0.1) is 6.92 Å². The molecule has 10 heteroatoms. The van der Waals surface area contributed by atoms with Crippen molar-refractivity contribution >= 4 is 35.0 Å². The van der Waals surface area contributed by atoms with Crippen LogP contribution in [0.3, 0.4) is 0 Å². The van der Waals surface area contributed by atoms with E-state index in [1.165, 1.54) is 12.1 Å². The normalized spacial score (nSPS) is 11.7. The van der Waals surface area contributed by atoms with E-state index in [2.05, 4.69) is 15.8 Å². The molecule has 146 valence electrons. The van der Waals surface area contributed by atoms with Crippen LogP contribution >= 0.6 is 23.2 Å². The Kier molecular flexibility index (Phi) is 7.90. The Balaban J connectivity index is 1.61. The lowest BCUT2D eigenvalue weighted by Crippen LogP contribution is -2.37. The van der Waals surface area contributed by atoms with Crippen LogP contribution in [0.5, 0.6) is 5.75 Å². The number of rotatable bonds is 9. The summed E-state index contributed by atoms with van der Waals surface area (Å²) in [4.78, 5) is 23.5. The van der Waals surface area contributed by atoms with Crippen LogP contribution in [0.25, 0.3) is 0 Å². The number of aliphatic hydroxyl groups is 1. The van der Waals surface area contributed by atoms with Gasteiger partial charge in [-0.05, 0) is 25.5 Å². The van der Waals surface area contributed by atoms with Gasteiger partial charge in [0.15, 0.2) is 6.61 Å². The van der Waals surface area contributed by atoms with Crippen molar-refractivity contribution in [2.45, 2.75) is 19.4 Å². The molecule has 1 heterocycles. The molecule has 0 aliphatic rings. The molecule has 1 atom stereocenters. The Morgan fingerprint density at radius 3 is 2.70 bits per heavy atom. The molecule has 2 aromatic rings. The summed E-state index contributed by atoms with van der Waals surface area (Å²) in [7, 11) is 0. The smallest absolute Gasteiger partial charge is 0.289 e. The van der Waals surface area contributed by atoms with Gasteiger partial charge in [0.05, 0.1) is 21.8 Å². The number of hydrogen-bond donors (Lipinski definition) is 3. The minimum absolute atomic E-state index is 0.0286. The number of benzene rings is 1. The fourth-order valence-electron chi connectivity index (χ4n) is 2.01. The van der Waals surface area contributed by atoms with Gasteiger partial charge in [-0.25, -0.2) is 0 Å². The second-order valence-electron chi connectivity index (χ2n) is 5.70. The quantitative estimate of drug-likeness (QED) is 0.576. The zero-order valence-electron chi connectivity index (χ0n) is 14.5. The van der Waals surface area contributed by atoms with Gasteiger partial charge < -0.3 is 25.0 Å². The Hall–Kier alpha value is -2.29. The predicted molar refractivity (Wildman–Crippen MR) is 99.2 cm³/mol. The van der Waals surface area contributed by atoms with Gasteiger partial charge in [-0.2, -0.15) is 0 Å². The fraction of sp³-hybridized carbons (Fsp3) is 0.353. The Labute approximate surface area is 165 Å². The van der Waals surface area contributed by atoms with E-state index in [-0.39, 0.29) is 31.9 Å². The lowest BCUT2D eigenvalue weighted by atomic mass is 10.2. The summed E-state index contributed by atoms with van der Waals surface area (Å²) in [5, 5.41) is 19.3. The number of carbonyl (C=O) groups excluding carboxylic acids is 2. The molecule has 3 N–H and O–H groups in total. The van der Waals surface area contributed by atoms with Gasteiger partial charge in [0.25, 0.3) is 11.8 Å². The maximum absolute atomic E-state index is 11.7. The second kappa shape index (κ2) is 10.1. The molecule has 2 rings (SSSR count). The SMILES string of the molecule is Cc1cc(C(=O)NCC[C@H](O)CNC(=O)COc2ccc(Cl)c(Cl)c2)on1. The lowest BCUT2D eigenvalue weighted by Gasteiger charge is -2.12. The third kappa shape index (κ3) is 7.09. The topological polar surface area (TPSA) is 114 Å². The van der Waals surface area contributed by atoms with Crippen molar-refractivity contribution in [2.24, 2.45) is 0 Å². The largest absolute Gasteiger partial charge is 0.484 e. The van der Waals surface area contributed by atoms with Crippen LogP contribution in [-0.2, 0) is 4.79 Å². The number of nitrogens with one attached hydrogen (secondary N) is 2. The maximum Gasteiger partial charge on any atom is 0.289 e. The maximum atomic E-state index is 11.7. The van der Waals surface area contributed by atoms with Gasteiger partial charge in [0.2, 0.25) is 5.76 Å². The summed E-state index contributed by atoms with van der Waals surface area (Å²) >= 11 is 11.7. The van der Waals surface area contributed by atoms with Gasteiger partial charge in [-0.3, -0.25) is 9.59 Å². The molecule has 0 saturated heterocycles. The summed E-state index contributed by atoms with van der Waals surface area (Å²) in [6.07, 6.45) is -0.567. The first-order valence-electron chi connectivity index (χ1n) is 8.09. The van der Waals surface area contributed by atoms with Crippen molar-refractivity contribution in [3.63, 3.8) is 0 Å². The lowest BCUT2D eigenvalue weighted by molar-refractivity contribution is -0.123. The molecule has 0 radical (unpaired) electrons. The summed E-state index contributed by atoms with van der Waals surface area (Å²) < 4.78 is 10.1. The number of aromatic nitrogens is 1. The summed E-state index contributed by atoms with van der Waals surface area (Å²) in [6, 6.07) is 6.18. The summed E-state index contributed by atoms with van der Waals surface area (Å²) in [6.45, 7) is 1.72. The molecule has 0 saturated carbocycles. The first kappa shape index (κ1) is 21.0. The monoisotopic (exact) mass is 415 g/mol. The van der Waals surface area contributed by atoms with E-state index in [0.717, 1.165) is 0 Å². The van der Waals surface area contributed by atoms with Gasteiger partial charge >= 0.3 is 0 Å². The molecule has 0 fully saturated rings. The van der Waals surface area contributed by atoms with Crippen LogP contribution in [0.15, 0.2) is 28.8 Å². The highest BCUT2D eigenvalue weighted by Crippen LogP contribution is 2.26. The highest BCUT2D eigenvalue weighted by molar-refractivity contribution is 6.42. The molecule has 0 aliphatic heterocycles. The van der Waals surface area contributed by atoms with Crippen molar-refractivity contribution in [2.75, 3.05) is 19.7 Å². The highest BCUT2D eigenvalue weighted by Gasteiger charge is 2.13. The molecule has 0 spiro atoms. The Morgan fingerprint density at radius 2 is 2.04 bits per heavy atom. The summed E-state index contributed by atoms with van der Waals surface area (Å²) in [5.41, 5.74) is 0.603. The van der Waals surface area contributed by atoms with Crippen LogP contribution < -0.4 is 15.4 Å². The predicted octanol–water partition coefficient (Wildman–Crippen LogP) is 1.97. The van der Waals surface area contributed by atoms with Gasteiger partial charge in [0, 0.05) is 25.2 Å². The van der Waals surface area contributed by atoms with Gasteiger partial charge in [-0.1, -0.05) is 28.4 Å². The summed E-state index contributed by atoms with van der Waals surface area (Å²) in [5.74, 6) is -0.302. The highest BCUT2D eigenvalue weighted by atomic mass is 35.5. The molecule has 1 aromatic carbocycles. The zero-order chi connectivity index (χ0) is 19.8. The van der Waals surface area contributed by atoms with Crippen molar-refractivity contribution in [3.8, 4) is 5.75 Å². The van der Waals surface area contributed by atoms with Gasteiger partial charge in [-0.15, -0.1) is 0 Å². The minimum Gasteiger partial charge on any atom is -0.484 e. The number of ether oxygens (including phenoxy) is 1. The van der Waals surface area contributed by atoms with Crippen LogP contribution in [0.4, 0.5) is 0 Å². The molecule has 0 aliphatic carbocycles. The first-order chi connectivity index (χ1) is 12.8. The van der Waals surface area contributed by atoms with E-state index in [1.54, 1.807) is 19.1 Å². The zero-order valence-corrected chi connectivity index (χ0v) is 16.0. The molecule has 2 amide bonds. The van der Waals surface area contributed by atoms with E-state index in [0.29, 0.717) is 21.5 Å². The van der Waals surface area contributed by atoms with Crippen molar-refractivity contribution in [1.82, 2.24) is 15.8 Å². The van der Waals surface area contributed by atoms with E-state index in [9.17, 15) is 14.7 Å². The molecule has 8 nitrogen and oxygen atoms in total. The second-order valence-corrected chi connectivity index (χ2v) is 6.51. The standard InChI is InChI=1S/C17H19Cl2N3O5/c1-10-6-15(27-22-10)17(25)20-5-4-11(23)8-21-16(24)9-26-12-2-3-13(18)14(19)7-12/h2-3,6-7,11,23H,4-5,8-9H2,1H3,(H,20,25)(H,21,24)/t11-/m0/s1. The number of carbonyl (C=O) groups is 2. The number of aryl methyl sites for hydroxylation is 1. The number of aliphatic hydroxyl groups excluding tert-OH is 1. The third-order valence-electron chi connectivity index (χ3n) is 3.41. The molecular formula is C17H19Cl2N3O5. The number of hydrogen-bond acceptors (Lipinski definition) is 6. The molecule has 0 unspecified atom stereocenters. The average Bonchev–Trinajstić information content (AvgIpc) is 3.07. The molecule has 1 aromatic heterocycles. The first-order valence-corrected chi connectivity index (χ1v) is 8.85. The number of halogens is 2. The van der Waals surface area contributed by atoms with Crippen molar-refractivity contribution in [3.05, 3.63) is 45.8 Å². The van der Waals surface area contributed by atoms with E-state index in [1.807, 2.05) is 0 Å². The van der Waals surface area contributed by atoms with Crippen molar-refractivity contribution < 1.29 is 24.0 Å². The fourth-order valence-corrected chi connectivity index (χ4v) is 2.30. The number of amides is 2. The Morgan fingerprint density at radius 1 is 1.26 bits per heavy atom. The van der Waals surface area contributed by atoms with Crippen LogP contribution in [0.2, 0.25) is 10.0 Å². The van der Waals surface area contributed by atoms with Gasteiger partial charge in [0.1, 0.15) is 5.75 Å². The van der Waals surface area contributed by atoms with E-state index < -0.39 is 17.9 Å². The van der Waals surface area contributed by atoms with Crippen molar-refractivity contribution in [1.29, 1.82) is 0 Å². The van der Waals surface area contributed by atoms with E-state index >= 15 is 0 Å². The average molecular weight is 416 g/mol. The molecule has 0 bridgehead atoms. The van der Waals surface area contributed by atoms with Crippen LogP contribution in [0.1, 0.15) is 22.7 Å². The molecule has 27 heavy (non-hydrogen) atoms.